The highest BCUT2D eigenvalue weighted by Crippen LogP contribution is 1.88. The topological polar surface area (TPSA) is 27.3 Å². The molecule has 12 heavy (non-hydrogen) atoms. The maximum atomic E-state index is 4.24. The number of nitrogens with one attached hydrogen (secondary N) is 2. The molecule has 0 atom stereocenters. The number of rotatable bonds is 2. The van der Waals surface area contributed by atoms with Crippen molar-refractivity contribution in [3.63, 3.8) is 0 Å². The Kier molecular flexibility index (Phi) is 5.77. The van der Waals surface area contributed by atoms with Crippen molar-refractivity contribution in [1.29, 1.82) is 0 Å². The molecule has 72 valence electrons. The van der Waals surface area contributed by atoms with Crippen LogP contribution in [0.25, 0.3) is 0 Å². The third-order valence-electron chi connectivity index (χ3n) is 2.10. The van der Waals surface area contributed by atoms with Gasteiger partial charge in [-0.25, -0.2) is 0 Å². The van der Waals surface area contributed by atoms with Gasteiger partial charge in [-0.2, -0.15) is 12.6 Å². The fourth-order valence-electron chi connectivity index (χ4n) is 1.38. The Labute approximate surface area is 80.3 Å². The largest absolute Gasteiger partial charge is 0.314 e. The number of hydrogen-bond donors (Lipinski definition) is 3. The molecular formula is C8H19N3S. The van der Waals surface area contributed by atoms with Crippen LogP contribution in [0, 0.1) is 0 Å². The van der Waals surface area contributed by atoms with E-state index in [0.717, 1.165) is 51.6 Å². The third-order valence-corrected chi connectivity index (χ3v) is 2.30. The summed E-state index contributed by atoms with van der Waals surface area (Å²) in [5.41, 5.74) is 0. The fourth-order valence-corrected chi connectivity index (χ4v) is 1.66. The molecule has 0 radical (unpaired) electrons. The van der Waals surface area contributed by atoms with Gasteiger partial charge >= 0.3 is 0 Å². The van der Waals surface area contributed by atoms with Gasteiger partial charge in [0, 0.05) is 51.6 Å². The van der Waals surface area contributed by atoms with E-state index < -0.39 is 0 Å². The van der Waals surface area contributed by atoms with E-state index in [2.05, 4.69) is 28.2 Å². The normalized spacial score (nSPS) is 22.8. The van der Waals surface area contributed by atoms with E-state index in [9.17, 15) is 0 Å². The lowest BCUT2D eigenvalue weighted by molar-refractivity contribution is 0.298. The molecule has 1 heterocycles. The SMILES string of the molecule is SCCN1CCNCCNCC1. The average molecular weight is 189 g/mol. The Morgan fingerprint density at radius 1 is 1.00 bits per heavy atom. The highest BCUT2D eigenvalue weighted by atomic mass is 32.1. The van der Waals surface area contributed by atoms with Gasteiger partial charge in [-0.05, 0) is 0 Å². The molecule has 0 aromatic carbocycles. The monoisotopic (exact) mass is 189 g/mol. The van der Waals surface area contributed by atoms with E-state index in [1.807, 2.05) is 0 Å². The second kappa shape index (κ2) is 6.71. The van der Waals surface area contributed by atoms with Gasteiger partial charge in [0.25, 0.3) is 0 Å². The lowest BCUT2D eigenvalue weighted by atomic mass is 10.4. The summed E-state index contributed by atoms with van der Waals surface area (Å²) < 4.78 is 0. The first-order valence-electron chi connectivity index (χ1n) is 4.68. The van der Waals surface area contributed by atoms with Crippen molar-refractivity contribution in [3.8, 4) is 0 Å². The van der Waals surface area contributed by atoms with Crippen LogP contribution in [0.3, 0.4) is 0 Å². The standard InChI is InChI=1S/C8H19N3S/c12-8-7-11-5-3-9-1-2-10-4-6-11/h9-10,12H,1-8H2. The predicted octanol–water partition coefficient (Wildman–Crippen LogP) is -0.589. The van der Waals surface area contributed by atoms with E-state index >= 15 is 0 Å². The van der Waals surface area contributed by atoms with Crippen molar-refractivity contribution in [1.82, 2.24) is 15.5 Å². The lowest BCUT2D eigenvalue weighted by Crippen LogP contribution is -2.35. The zero-order valence-corrected chi connectivity index (χ0v) is 8.45. The van der Waals surface area contributed by atoms with E-state index in [-0.39, 0.29) is 0 Å². The first-order valence-corrected chi connectivity index (χ1v) is 5.31. The van der Waals surface area contributed by atoms with Gasteiger partial charge in [-0.1, -0.05) is 0 Å². The van der Waals surface area contributed by atoms with E-state index in [4.69, 9.17) is 0 Å². The highest BCUT2D eigenvalue weighted by molar-refractivity contribution is 7.80. The van der Waals surface area contributed by atoms with Crippen LogP contribution in [0.15, 0.2) is 0 Å². The van der Waals surface area contributed by atoms with Gasteiger partial charge in [0.15, 0.2) is 0 Å². The summed E-state index contributed by atoms with van der Waals surface area (Å²) in [6.07, 6.45) is 0. The number of thiol groups is 1. The zero-order chi connectivity index (χ0) is 8.65. The van der Waals surface area contributed by atoms with Crippen LogP contribution in [0.1, 0.15) is 0 Å². The molecule has 2 N–H and O–H groups in total. The molecule has 0 aromatic heterocycles. The maximum Gasteiger partial charge on any atom is 0.0108 e. The second-order valence-corrected chi connectivity index (χ2v) is 3.51. The molecule has 0 unspecified atom stereocenters. The van der Waals surface area contributed by atoms with Gasteiger partial charge in [-0.3, -0.25) is 0 Å². The molecule has 0 amide bonds. The molecule has 1 fully saturated rings. The number of hydrogen-bond acceptors (Lipinski definition) is 4. The Morgan fingerprint density at radius 2 is 1.58 bits per heavy atom. The minimum absolute atomic E-state index is 0.958. The summed E-state index contributed by atoms with van der Waals surface area (Å²) >= 11 is 4.24. The average Bonchev–Trinajstić information content (AvgIpc) is 2.19. The van der Waals surface area contributed by atoms with Crippen LogP contribution >= 0.6 is 12.6 Å². The lowest BCUT2D eigenvalue weighted by Gasteiger charge is -2.19. The Balaban J connectivity index is 2.19. The van der Waals surface area contributed by atoms with Crippen molar-refractivity contribution in [2.75, 3.05) is 51.6 Å². The molecular weight excluding hydrogens is 170 g/mol. The molecule has 1 aliphatic heterocycles. The summed E-state index contributed by atoms with van der Waals surface area (Å²) in [4.78, 5) is 2.44. The van der Waals surface area contributed by atoms with Gasteiger partial charge in [-0.15, -0.1) is 0 Å². The van der Waals surface area contributed by atoms with E-state index in [1.165, 1.54) is 0 Å². The maximum absolute atomic E-state index is 4.24. The minimum atomic E-state index is 0.958. The van der Waals surface area contributed by atoms with Crippen LogP contribution in [-0.4, -0.2) is 56.5 Å². The smallest absolute Gasteiger partial charge is 0.0108 e. The molecule has 3 nitrogen and oxygen atoms in total. The van der Waals surface area contributed by atoms with E-state index in [1.54, 1.807) is 0 Å². The quantitative estimate of drug-likeness (QED) is 0.507. The number of nitrogens with zero attached hydrogens (tertiary/aromatic N) is 1. The van der Waals surface area contributed by atoms with Gasteiger partial charge < -0.3 is 15.5 Å². The van der Waals surface area contributed by atoms with Crippen molar-refractivity contribution >= 4 is 12.6 Å². The summed E-state index contributed by atoms with van der Waals surface area (Å²) in [6, 6.07) is 0. The van der Waals surface area contributed by atoms with Gasteiger partial charge in [0.2, 0.25) is 0 Å². The highest BCUT2D eigenvalue weighted by Gasteiger charge is 2.04. The molecule has 0 aliphatic carbocycles. The van der Waals surface area contributed by atoms with Gasteiger partial charge in [0.05, 0.1) is 0 Å². The molecule has 0 spiro atoms. The second-order valence-electron chi connectivity index (χ2n) is 3.07. The minimum Gasteiger partial charge on any atom is -0.314 e. The third kappa shape index (κ3) is 4.30. The first kappa shape index (κ1) is 10.3. The first-order chi connectivity index (χ1) is 5.93. The molecule has 1 aliphatic rings. The van der Waals surface area contributed by atoms with Crippen LogP contribution < -0.4 is 10.6 Å². The fraction of sp³-hybridized carbons (Fsp3) is 1.00. The summed E-state index contributed by atoms with van der Waals surface area (Å²) in [7, 11) is 0. The zero-order valence-electron chi connectivity index (χ0n) is 7.55. The van der Waals surface area contributed by atoms with Crippen molar-refractivity contribution in [2.45, 2.75) is 0 Å². The Bertz CT molecular complexity index is 100. The summed E-state index contributed by atoms with van der Waals surface area (Å²) in [5.74, 6) is 0.958. The van der Waals surface area contributed by atoms with Crippen molar-refractivity contribution < 1.29 is 0 Å². The molecule has 4 heteroatoms. The molecule has 0 saturated carbocycles. The van der Waals surface area contributed by atoms with Crippen LogP contribution in [0.5, 0.6) is 0 Å². The van der Waals surface area contributed by atoms with Crippen LogP contribution in [0.2, 0.25) is 0 Å². The van der Waals surface area contributed by atoms with Crippen molar-refractivity contribution in [2.24, 2.45) is 0 Å². The van der Waals surface area contributed by atoms with Crippen molar-refractivity contribution in [3.05, 3.63) is 0 Å². The Hall–Kier alpha value is 0.230. The van der Waals surface area contributed by atoms with Gasteiger partial charge in [0.1, 0.15) is 0 Å². The van der Waals surface area contributed by atoms with E-state index in [0.29, 0.717) is 0 Å². The van der Waals surface area contributed by atoms with Crippen LogP contribution in [-0.2, 0) is 0 Å². The molecule has 0 bridgehead atoms. The molecule has 1 saturated heterocycles. The summed E-state index contributed by atoms with van der Waals surface area (Å²) in [6.45, 7) is 7.81. The van der Waals surface area contributed by atoms with Crippen LogP contribution in [0.4, 0.5) is 0 Å². The molecule has 0 aromatic rings. The molecule has 1 rings (SSSR count). The summed E-state index contributed by atoms with van der Waals surface area (Å²) in [5, 5.41) is 6.77. The Morgan fingerprint density at radius 3 is 2.08 bits per heavy atom. The predicted molar refractivity (Wildman–Crippen MR) is 56.0 cm³/mol.